The van der Waals surface area contributed by atoms with Gasteiger partial charge in [-0.25, -0.2) is 0 Å². The maximum absolute atomic E-state index is 10.4. The summed E-state index contributed by atoms with van der Waals surface area (Å²) in [5, 5.41) is 11.4. The van der Waals surface area contributed by atoms with Crippen LogP contribution in [0.2, 0.25) is 0 Å². The van der Waals surface area contributed by atoms with Crippen LogP contribution in [-0.2, 0) is 11.3 Å². The lowest BCUT2D eigenvalue weighted by atomic mass is 10.2. The zero-order valence-corrected chi connectivity index (χ0v) is 7.40. The highest BCUT2D eigenvalue weighted by atomic mass is 16.4. The lowest BCUT2D eigenvalue weighted by Crippen LogP contribution is -2.33. The van der Waals surface area contributed by atoms with Crippen LogP contribution in [0.15, 0.2) is 24.5 Å². The van der Waals surface area contributed by atoms with Crippen LogP contribution in [0.4, 0.5) is 0 Å². The van der Waals surface area contributed by atoms with Crippen LogP contribution in [0.1, 0.15) is 12.5 Å². The van der Waals surface area contributed by atoms with Gasteiger partial charge in [-0.3, -0.25) is 9.78 Å². The molecule has 0 amide bonds. The Morgan fingerprint density at radius 1 is 1.77 bits per heavy atom. The van der Waals surface area contributed by atoms with Gasteiger partial charge in [-0.1, -0.05) is 6.07 Å². The monoisotopic (exact) mass is 180 g/mol. The molecule has 0 fully saturated rings. The molecular weight excluding hydrogens is 168 g/mol. The van der Waals surface area contributed by atoms with E-state index in [1.807, 2.05) is 12.1 Å². The molecule has 0 bridgehead atoms. The first kappa shape index (κ1) is 9.67. The number of hydrogen-bond donors (Lipinski definition) is 2. The summed E-state index contributed by atoms with van der Waals surface area (Å²) in [6, 6.07) is 3.19. The van der Waals surface area contributed by atoms with E-state index in [4.69, 9.17) is 5.11 Å². The van der Waals surface area contributed by atoms with Gasteiger partial charge in [-0.15, -0.1) is 0 Å². The Kier molecular flexibility index (Phi) is 3.40. The zero-order valence-electron chi connectivity index (χ0n) is 7.40. The number of carboxylic acids is 1. The normalized spacial score (nSPS) is 12.4. The molecule has 4 nitrogen and oxygen atoms in total. The van der Waals surface area contributed by atoms with E-state index in [2.05, 4.69) is 10.3 Å². The van der Waals surface area contributed by atoms with E-state index in [9.17, 15) is 4.79 Å². The van der Waals surface area contributed by atoms with Crippen molar-refractivity contribution in [3.05, 3.63) is 30.1 Å². The standard InChI is InChI=1S/C9H12N2O2/c1-7(9(12)13)11-6-8-3-2-4-10-5-8/h2-5,7,11H,6H2,1H3,(H,12,13)/t7-/m1/s1. The van der Waals surface area contributed by atoms with Crippen molar-refractivity contribution in [1.29, 1.82) is 0 Å². The molecule has 0 saturated heterocycles. The Hall–Kier alpha value is -1.42. The number of carboxylic acid groups (broad SMARTS) is 1. The van der Waals surface area contributed by atoms with Crippen LogP contribution in [0, 0.1) is 0 Å². The molecule has 1 atom stereocenters. The first-order chi connectivity index (χ1) is 6.20. The molecule has 0 aliphatic heterocycles. The Morgan fingerprint density at radius 3 is 3.08 bits per heavy atom. The molecule has 0 radical (unpaired) electrons. The lowest BCUT2D eigenvalue weighted by molar-refractivity contribution is -0.139. The predicted molar refractivity (Wildman–Crippen MR) is 48.2 cm³/mol. The van der Waals surface area contributed by atoms with Gasteiger partial charge in [0, 0.05) is 18.9 Å². The highest BCUT2D eigenvalue weighted by Crippen LogP contribution is 1.95. The van der Waals surface area contributed by atoms with Gasteiger partial charge in [-0.2, -0.15) is 0 Å². The number of pyridine rings is 1. The second-order valence-electron chi connectivity index (χ2n) is 2.80. The van der Waals surface area contributed by atoms with Gasteiger partial charge < -0.3 is 10.4 Å². The SMILES string of the molecule is C[C@@H](NCc1cccnc1)C(=O)O. The Labute approximate surface area is 76.6 Å². The Balaban J connectivity index is 2.39. The summed E-state index contributed by atoms with van der Waals surface area (Å²) < 4.78 is 0. The molecule has 1 aromatic heterocycles. The third kappa shape index (κ3) is 3.21. The quantitative estimate of drug-likeness (QED) is 0.714. The van der Waals surface area contributed by atoms with Gasteiger partial charge in [0.1, 0.15) is 6.04 Å². The average Bonchev–Trinajstić information content (AvgIpc) is 2.15. The fraction of sp³-hybridized carbons (Fsp3) is 0.333. The van der Waals surface area contributed by atoms with Crippen LogP contribution < -0.4 is 5.32 Å². The maximum atomic E-state index is 10.4. The number of nitrogens with one attached hydrogen (secondary N) is 1. The van der Waals surface area contributed by atoms with Crippen molar-refractivity contribution in [3.63, 3.8) is 0 Å². The van der Waals surface area contributed by atoms with Crippen LogP contribution in [0.5, 0.6) is 0 Å². The van der Waals surface area contributed by atoms with Crippen molar-refractivity contribution in [2.45, 2.75) is 19.5 Å². The van der Waals surface area contributed by atoms with Crippen LogP contribution in [-0.4, -0.2) is 22.1 Å². The van der Waals surface area contributed by atoms with E-state index in [-0.39, 0.29) is 0 Å². The average molecular weight is 180 g/mol. The van der Waals surface area contributed by atoms with E-state index in [1.54, 1.807) is 19.3 Å². The van der Waals surface area contributed by atoms with Crippen molar-refractivity contribution in [3.8, 4) is 0 Å². The second kappa shape index (κ2) is 4.57. The molecule has 0 aromatic carbocycles. The second-order valence-corrected chi connectivity index (χ2v) is 2.80. The Bertz CT molecular complexity index is 274. The highest BCUT2D eigenvalue weighted by Gasteiger charge is 2.08. The molecule has 4 heteroatoms. The minimum atomic E-state index is -0.844. The van der Waals surface area contributed by atoms with Gasteiger partial charge in [-0.05, 0) is 18.6 Å². The lowest BCUT2D eigenvalue weighted by Gasteiger charge is -2.07. The van der Waals surface area contributed by atoms with Crippen LogP contribution >= 0.6 is 0 Å². The number of rotatable bonds is 4. The van der Waals surface area contributed by atoms with Crippen molar-refractivity contribution in [1.82, 2.24) is 10.3 Å². The van der Waals surface area contributed by atoms with Gasteiger partial charge in [0.05, 0.1) is 0 Å². The summed E-state index contributed by atoms with van der Waals surface area (Å²) in [5.74, 6) is -0.844. The summed E-state index contributed by atoms with van der Waals surface area (Å²) >= 11 is 0. The molecule has 0 unspecified atom stereocenters. The number of aromatic nitrogens is 1. The molecular formula is C9H12N2O2. The van der Waals surface area contributed by atoms with Gasteiger partial charge >= 0.3 is 5.97 Å². The molecule has 2 N–H and O–H groups in total. The van der Waals surface area contributed by atoms with Crippen LogP contribution in [0.3, 0.4) is 0 Å². The molecule has 0 aliphatic carbocycles. The van der Waals surface area contributed by atoms with E-state index < -0.39 is 12.0 Å². The molecule has 1 aromatic rings. The smallest absolute Gasteiger partial charge is 0.320 e. The Morgan fingerprint density at radius 2 is 2.54 bits per heavy atom. The summed E-state index contributed by atoms with van der Waals surface area (Å²) in [6.07, 6.45) is 3.39. The van der Waals surface area contributed by atoms with E-state index >= 15 is 0 Å². The van der Waals surface area contributed by atoms with Crippen molar-refractivity contribution < 1.29 is 9.90 Å². The zero-order chi connectivity index (χ0) is 9.68. The van der Waals surface area contributed by atoms with E-state index in [0.717, 1.165) is 5.56 Å². The van der Waals surface area contributed by atoms with Gasteiger partial charge in [0.25, 0.3) is 0 Å². The number of aliphatic carboxylic acids is 1. The first-order valence-corrected chi connectivity index (χ1v) is 4.05. The van der Waals surface area contributed by atoms with Crippen molar-refractivity contribution >= 4 is 5.97 Å². The molecule has 0 aliphatic rings. The topological polar surface area (TPSA) is 62.2 Å². The summed E-state index contributed by atoms with van der Waals surface area (Å²) in [4.78, 5) is 14.4. The summed E-state index contributed by atoms with van der Waals surface area (Å²) in [7, 11) is 0. The first-order valence-electron chi connectivity index (χ1n) is 4.05. The fourth-order valence-electron chi connectivity index (χ4n) is 0.861. The molecule has 0 saturated carbocycles. The predicted octanol–water partition coefficient (Wildman–Crippen LogP) is 0.644. The summed E-state index contributed by atoms with van der Waals surface area (Å²) in [6.45, 7) is 2.14. The largest absolute Gasteiger partial charge is 0.480 e. The van der Waals surface area contributed by atoms with E-state index in [0.29, 0.717) is 6.54 Å². The number of nitrogens with zero attached hydrogens (tertiary/aromatic N) is 1. The van der Waals surface area contributed by atoms with Crippen LogP contribution in [0.25, 0.3) is 0 Å². The number of hydrogen-bond acceptors (Lipinski definition) is 3. The highest BCUT2D eigenvalue weighted by molar-refractivity contribution is 5.72. The molecule has 0 spiro atoms. The van der Waals surface area contributed by atoms with Crippen molar-refractivity contribution in [2.75, 3.05) is 0 Å². The third-order valence-electron chi connectivity index (χ3n) is 1.71. The minimum Gasteiger partial charge on any atom is -0.480 e. The third-order valence-corrected chi connectivity index (χ3v) is 1.71. The number of carbonyl (C=O) groups is 1. The van der Waals surface area contributed by atoms with Gasteiger partial charge in [0.2, 0.25) is 0 Å². The molecule has 13 heavy (non-hydrogen) atoms. The van der Waals surface area contributed by atoms with Gasteiger partial charge in [0.15, 0.2) is 0 Å². The minimum absolute atomic E-state index is 0.528. The molecule has 70 valence electrons. The fourth-order valence-corrected chi connectivity index (χ4v) is 0.861. The van der Waals surface area contributed by atoms with E-state index in [1.165, 1.54) is 0 Å². The summed E-state index contributed by atoms with van der Waals surface area (Å²) in [5.41, 5.74) is 0.982. The molecule has 1 heterocycles. The maximum Gasteiger partial charge on any atom is 0.320 e. The molecule has 1 rings (SSSR count). The van der Waals surface area contributed by atoms with Crippen molar-refractivity contribution in [2.24, 2.45) is 0 Å².